The van der Waals surface area contributed by atoms with E-state index in [1.807, 2.05) is 18.2 Å². The number of morpholine rings is 1. The molecule has 2 rings (SSSR count). The molecule has 0 radical (unpaired) electrons. The van der Waals surface area contributed by atoms with Crippen LogP contribution in [0.3, 0.4) is 0 Å². The lowest BCUT2D eigenvalue weighted by Gasteiger charge is -2.42. The molecule has 0 aliphatic carbocycles. The number of methoxy groups -OCH3 is 1. The molecule has 2 N–H and O–H groups in total. The van der Waals surface area contributed by atoms with Crippen LogP contribution in [-0.2, 0) is 4.74 Å². The van der Waals surface area contributed by atoms with Crippen molar-refractivity contribution in [2.45, 2.75) is 25.5 Å². The van der Waals surface area contributed by atoms with E-state index in [-0.39, 0.29) is 11.6 Å². The first-order valence-electron chi connectivity index (χ1n) is 6.88. The summed E-state index contributed by atoms with van der Waals surface area (Å²) < 4.78 is 11.0. The molecule has 1 atom stereocenters. The standard InChI is InChI=1S/C15H23ClN2O2/c1-15(2)10-18(6-7-20-15)13(9-17)11-4-5-14(19-3)12(16)8-11/h4-5,8,13H,6-7,9-10,17H2,1-3H3. The van der Waals surface area contributed by atoms with Crippen LogP contribution >= 0.6 is 11.6 Å². The molecular formula is C15H23ClN2O2. The number of hydrogen-bond acceptors (Lipinski definition) is 4. The average Bonchev–Trinajstić information content (AvgIpc) is 2.39. The summed E-state index contributed by atoms with van der Waals surface area (Å²) in [5.74, 6) is 0.688. The Hall–Kier alpha value is -0.810. The molecule has 5 heteroatoms. The topological polar surface area (TPSA) is 47.7 Å². The van der Waals surface area contributed by atoms with E-state index in [4.69, 9.17) is 26.8 Å². The van der Waals surface area contributed by atoms with Crippen molar-refractivity contribution in [1.29, 1.82) is 0 Å². The maximum absolute atomic E-state index is 6.22. The molecule has 1 aromatic carbocycles. The first-order chi connectivity index (χ1) is 9.46. The minimum absolute atomic E-state index is 0.137. The van der Waals surface area contributed by atoms with Gasteiger partial charge in [0.15, 0.2) is 0 Å². The number of benzene rings is 1. The van der Waals surface area contributed by atoms with Crippen LogP contribution in [0.4, 0.5) is 0 Å². The quantitative estimate of drug-likeness (QED) is 0.927. The predicted molar refractivity (Wildman–Crippen MR) is 81.4 cm³/mol. The van der Waals surface area contributed by atoms with Gasteiger partial charge in [-0.2, -0.15) is 0 Å². The molecule has 0 bridgehead atoms. The summed E-state index contributed by atoms with van der Waals surface area (Å²) in [5.41, 5.74) is 6.97. The summed E-state index contributed by atoms with van der Waals surface area (Å²) in [6.07, 6.45) is 0. The van der Waals surface area contributed by atoms with E-state index in [1.165, 1.54) is 0 Å². The summed E-state index contributed by atoms with van der Waals surface area (Å²) in [7, 11) is 1.62. The summed E-state index contributed by atoms with van der Waals surface area (Å²) >= 11 is 6.22. The SMILES string of the molecule is COc1ccc(C(CN)N2CCOC(C)(C)C2)cc1Cl. The molecule has 0 spiro atoms. The highest BCUT2D eigenvalue weighted by atomic mass is 35.5. The van der Waals surface area contributed by atoms with Gasteiger partial charge in [-0.25, -0.2) is 0 Å². The molecule has 20 heavy (non-hydrogen) atoms. The molecule has 1 aromatic rings. The van der Waals surface area contributed by atoms with Gasteiger partial charge in [0.1, 0.15) is 5.75 Å². The van der Waals surface area contributed by atoms with Crippen molar-refractivity contribution in [2.24, 2.45) is 5.73 Å². The Labute approximate surface area is 125 Å². The number of nitrogens with two attached hydrogens (primary N) is 1. The molecule has 1 aliphatic rings. The second-order valence-electron chi connectivity index (χ2n) is 5.72. The van der Waals surface area contributed by atoms with Gasteiger partial charge in [0.2, 0.25) is 0 Å². The van der Waals surface area contributed by atoms with Gasteiger partial charge in [-0.3, -0.25) is 4.90 Å². The van der Waals surface area contributed by atoms with E-state index in [0.717, 1.165) is 25.3 Å². The van der Waals surface area contributed by atoms with Gasteiger partial charge in [-0.05, 0) is 31.5 Å². The van der Waals surface area contributed by atoms with Gasteiger partial charge in [-0.1, -0.05) is 17.7 Å². The molecule has 0 aromatic heterocycles. The van der Waals surface area contributed by atoms with Crippen LogP contribution in [0, 0.1) is 0 Å². The fourth-order valence-corrected chi connectivity index (χ4v) is 2.97. The second-order valence-corrected chi connectivity index (χ2v) is 6.13. The molecule has 0 saturated carbocycles. The van der Waals surface area contributed by atoms with Crippen LogP contribution in [0.25, 0.3) is 0 Å². The van der Waals surface area contributed by atoms with E-state index in [1.54, 1.807) is 7.11 Å². The Morgan fingerprint density at radius 3 is 2.80 bits per heavy atom. The Bertz CT molecular complexity index is 465. The number of halogens is 1. The minimum Gasteiger partial charge on any atom is -0.495 e. The maximum atomic E-state index is 6.22. The maximum Gasteiger partial charge on any atom is 0.137 e. The third kappa shape index (κ3) is 3.44. The van der Waals surface area contributed by atoms with E-state index >= 15 is 0 Å². The molecule has 1 heterocycles. The van der Waals surface area contributed by atoms with E-state index < -0.39 is 0 Å². The fourth-order valence-electron chi connectivity index (χ4n) is 2.70. The van der Waals surface area contributed by atoms with Gasteiger partial charge >= 0.3 is 0 Å². The summed E-state index contributed by atoms with van der Waals surface area (Å²) in [6, 6.07) is 6.03. The van der Waals surface area contributed by atoms with Crippen molar-refractivity contribution in [3.05, 3.63) is 28.8 Å². The highest BCUT2D eigenvalue weighted by molar-refractivity contribution is 6.32. The summed E-state index contributed by atoms with van der Waals surface area (Å²) in [5, 5.41) is 0.621. The van der Waals surface area contributed by atoms with Crippen molar-refractivity contribution in [1.82, 2.24) is 4.90 Å². The van der Waals surface area contributed by atoms with Crippen LogP contribution in [0.2, 0.25) is 5.02 Å². The Morgan fingerprint density at radius 1 is 1.50 bits per heavy atom. The molecular weight excluding hydrogens is 276 g/mol. The van der Waals surface area contributed by atoms with Crippen molar-refractivity contribution >= 4 is 11.6 Å². The smallest absolute Gasteiger partial charge is 0.137 e. The minimum atomic E-state index is -0.137. The largest absolute Gasteiger partial charge is 0.495 e. The lowest BCUT2D eigenvalue weighted by atomic mass is 10.0. The predicted octanol–water partition coefficient (Wildman–Crippen LogP) is 2.46. The number of rotatable bonds is 4. The van der Waals surface area contributed by atoms with Crippen LogP contribution in [0.5, 0.6) is 5.75 Å². The molecule has 112 valence electrons. The van der Waals surface area contributed by atoms with Crippen molar-refractivity contribution in [3.8, 4) is 5.75 Å². The highest BCUT2D eigenvalue weighted by Gasteiger charge is 2.31. The summed E-state index contributed by atoms with van der Waals surface area (Å²) in [6.45, 7) is 7.24. The van der Waals surface area contributed by atoms with Gasteiger partial charge in [-0.15, -0.1) is 0 Å². The number of ether oxygens (including phenoxy) is 2. The van der Waals surface area contributed by atoms with Crippen molar-refractivity contribution < 1.29 is 9.47 Å². The van der Waals surface area contributed by atoms with Gasteiger partial charge in [0, 0.05) is 25.7 Å². The Balaban J connectivity index is 2.21. The highest BCUT2D eigenvalue weighted by Crippen LogP contribution is 2.31. The van der Waals surface area contributed by atoms with Crippen LogP contribution in [0.15, 0.2) is 18.2 Å². The molecule has 1 unspecified atom stereocenters. The second kappa shape index (κ2) is 6.31. The van der Waals surface area contributed by atoms with Gasteiger partial charge in [0.05, 0.1) is 24.3 Å². The van der Waals surface area contributed by atoms with Crippen molar-refractivity contribution in [2.75, 3.05) is 33.4 Å². The van der Waals surface area contributed by atoms with Crippen LogP contribution in [0.1, 0.15) is 25.5 Å². The van der Waals surface area contributed by atoms with E-state index in [2.05, 4.69) is 18.7 Å². The first kappa shape index (κ1) is 15.6. The Kier molecular flexibility index (Phi) is 4.91. The molecule has 1 saturated heterocycles. The molecule has 4 nitrogen and oxygen atoms in total. The lowest BCUT2D eigenvalue weighted by Crippen LogP contribution is -2.50. The van der Waals surface area contributed by atoms with E-state index in [0.29, 0.717) is 17.3 Å². The van der Waals surface area contributed by atoms with Crippen LogP contribution < -0.4 is 10.5 Å². The molecule has 0 amide bonds. The monoisotopic (exact) mass is 298 g/mol. The third-order valence-corrected chi connectivity index (χ3v) is 3.98. The average molecular weight is 299 g/mol. The Morgan fingerprint density at radius 2 is 2.25 bits per heavy atom. The zero-order valence-corrected chi connectivity index (χ0v) is 13.1. The van der Waals surface area contributed by atoms with Crippen LogP contribution in [-0.4, -0.2) is 43.9 Å². The third-order valence-electron chi connectivity index (χ3n) is 3.68. The van der Waals surface area contributed by atoms with E-state index in [9.17, 15) is 0 Å². The molecule has 1 aliphatic heterocycles. The zero-order chi connectivity index (χ0) is 14.8. The van der Waals surface area contributed by atoms with Gasteiger partial charge < -0.3 is 15.2 Å². The lowest BCUT2D eigenvalue weighted by molar-refractivity contribution is -0.0967. The first-order valence-corrected chi connectivity index (χ1v) is 7.26. The number of nitrogens with zero attached hydrogens (tertiary/aromatic N) is 1. The van der Waals surface area contributed by atoms with Gasteiger partial charge in [0.25, 0.3) is 0 Å². The number of hydrogen-bond donors (Lipinski definition) is 1. The summed E-state index contributed by atoms with van der Waals surface area (Å²) in [4.78, 5) is 2.36. The normalized spacial score (nSPS) is 20.6. The zero-order valence-electron chi connectivity index (χ0n) is 12.4. The molecule has 1 fully saturated rings. The van der Waals surface area contributed by atoms with Crippen molar-refractivity contribution in [3.63, 3.8) is 0 Å². The fraction of sp³-hybridized carbons (Fsp3) is 0.600.